The van der Waals surface area contributed by atoms with Crippen molar-refractivity contribution in [3.8, 4) is 0 Å². The van der Waals surface area contributed by atoms with Gasteiger partial charge in [-0.3, -0.25) is 0 Å². The first kappa shape index (κ1) is 10.9. The maximum Gasteiger partial charge on any atom is 0.0797 e. The maximum absolute atomic E-state index is 6.28. The molecule has 15 heavy (non-hydrogen) atoms. The molecule has 1 heterocycles. The van der Waals surface area contributed by atoms with Crippen LogP contribution in [0.1, 0.15) is 51.4 Å². The molecule has 1 saturated carbocycles. The second kappa shape index (κ2) is 4.98. The van der Waals surface area contributed by atoms with Gasteiger partial charge < -0.3 is 4.74 Å². The third kappa shape index (κ3) is 2.72. The standard InChI is InChI=1S/C14H22O/c1-2-8-13-9-7-12-14(15-13)10-5-3-4-6-11-14/h2,7,9,13H,1,3-6,8,10-12H2. The largest absolute Gasteiger partial charge is 0.367 e. The van der Waals surface area contributed by atoms with E-state index in [0.29, 0.717) is 0 Å². The fraction of sp³-hybridized carbons (Fsp3) is 0.714. The average Bonchev–Trinajstić information content (AvgIpc) is 2.45. The zero-order chi connectivity index (χ0) is 10.6. The van der Waals surface area contributed by atoms with E-state index in [1.54, 1.807) is 0 Å². The van der Waals surface area contributed by atoms with Gasteiger partial charge in [-0.15, -0.1) is 6.58 Å². The van der Waals surface area contributed by atoms with E-state index in [1.165, 1.54) is 38.5 Å². The second-order valence-corrected chi connectivity index (χ2v) is 4.91. The first-order chi connectivity index (χ1) is 7.35. The minimum absolute atomic E-state index is 0.179. The van der Waals surface area contributed by atoms with E-state index in [1.807, 2.05) is 6.08 Å². The highest BCUT2D eigenvalue weighted by atomic mass is 16.5. The van der Waals surface area contributed by atoms with Crippen molar-refractivity contribution in [1.82, 2.24) is 0 Å². The molecule has 1 fully saturated rings. The van der Waals surface area contributed by atoms with Crippen LogP contribution >= 0.6 is 0 Å². The average molecular weight is 206 g/mol. The van der Waals surface area contributed by atoms with Gasteiger partial charge in [0.25, 0.3) is 0 Å². The molecule has 1 nitrogen and oxygen atoms in total. The highest BCUT2D eigenvalue weighted by Crippen LogP contribution is 2.37. The predicted octanol–water partition coefficient (Wildman–Crippen LogP) is 4.00. The molecule has 0 aromatic heterocycles. The van der Waals surface area contributed by atoms with Gasteiger partial charge in [-0.05, 0) is 25.7 Å². The third-order valence-electron chi connectivity index (χ3n) is 3.66. The van der Waals surface area contributed by atoms with Gasteiger partial charge in [0.15, 0.2) is 0 Å². The van der Waals surface area contributed by atoms with Crippen molar-refractivity contribution in [3.05, 3.63) is 24.8 Å². The van der Waals surface area contributed by atoms with E-state index in [2.05, 4.69) is 18.7 Å². The molecule has 1 unspecified atom stereocenters. The Balaban J connectivity index is 2.01. The fourth-order valence-electron chi connectivity index (χ4n) is 2.83. The van der Waals surface area contributed by atoms with Gasteiger partial charge in [-0.25, -0.2) is 0 Å². The molecule has 0 saturated heterocycles. The Kier molecular flexibility index (Phi) is 3.63. The summed E-state index contributed by atoms with van der Waals surface area (Å²) in [4.78, 5) is 0. The van der Waals surface area contributed by atoms with Crippen LogP contribution in [-0.2, 0) is 4.74 Å². The smallest absolute Gasteiger partial charge is 0.0797 e. The van der Waals surface area contributed by atoms with E-state index in [0.717, 1.165) is 12.8 Å². The summed E-state index contributed by atoms with van der Waals surface area (Å²) in [6.45, 7) is 3.79. The number of ether oxygens (including phenoxy) is 1. The summed E-state index contributed by atoms with van der Waals surface area (Å²) >= 11 is 0. The molecule has 1 aliphatic carbocycles. The summed E-state index contributed by atoms with van der Waals surface area (Å²) < 4.78 is 6.28. The molecule has 0 N–H and O–H groups in total. The fourth-order valence-corrected chi connectivity index (χ4v) is 2.83. The van der Waals surface area contributed by atoms with E-state index in [4.69, 9.17) is 4.74 Å². The lowest BCUT2D eigenvalue weighted by atomic mass is 9.88. The summed E-state index contributed by atoms with van der Waals surface area (Å²) in [6.07, 6.45) is 16.8. The van der Waals surface area contributed by atoms with E-state index in [9.17, 15) is 0 Å². The summed E-state index contributed by atoms with van der Waals surface area (Å²) in [7, 11) is 0. The van der Waals surface area contributed by atoms with Crippen molar-refractivity contribution in [3.63, 3.8) is 0 Å². The van der Waals surface area contributed by atoms with Gasteiger partial charge in [-0.1, -0.05) is 43.9 Å². The Hall–Kier alpha value is -0.560. The summed E-state index contributed by atoms with van der Waals surface area (Å²) in [5, 5.41) is 0. The molecule has 0 aromatic carbocycles. The van der Waals surface area contributed by atoms with Crippen LogP contribution in [0.4, 0.5) is 0 Å². The molecule has 1 heteroatoms. The lowest BCUT2D eigenvalue weighted by Gasteiger charge is -2.38. The van der Waals surface area contributed by atoms with Crippen molar-refractivity contribution in [1.29, 1.82) is 0 Å². The van der Waals surface area contributed by atoms with Gasteiger partial charge in [0.2, 0.25) is 0 Å². The topological polar surface area (TPSA) is 9.23 Å². The molecule has 2 aliphatic rings. The van der Waals surface area contributed by atoms with Gasteiger partial charge in [0.05, 0.1) is 11.7 Å². The molecule has 0 aromatic rings. The number of rotatable bonds is 2. The van der Waals surface area contributed by atoms with E-state index >= 15 is 0 Å². The third-order valence-corrected chi connectivity index (χ3v) is 3.66. The Morgan fingerprint density at radius 2 is 2.00 bits per heavy atom. The van der Waals surface area contributed by atoms with Crippen LogP contribution in [0.3, 0.4) is 0 Å². The SMILES string of the molecule is C=CCC1C=CCC2(CCCCCC2)O1. The van der Waals surface area contributed by atoms with Gasteiger partial charge in [-0.2, -0.15) is 0 Å². The van der Waals surface area contributed by atoms with Crippen molar-refractivity contribution >= 4 is 0 Å². The highest BCUT2D eigenvalue weighted by Gasteiger charge is 2.34. The molecule has 2 rings (SSSR count). The maximum atomic E-state index is 6.28. The van der Waals surface area contributed by atoms with Crippen LogP contribution in [-0.4, -0.2) is 11.7 Å². The molecule has 0 radical (unpaired) electrons. The van der Waals surface area contributed by atoms with Gasteiger partial charge in [0.1, 0.15) is 0 Å². The minimum atomic E-state index is 0.179. The predicted molar refractivity (Wildman–Crippen MR) is 63.9 cm³/mol. The van der Waals surface area contributed by atoms with Crippen LogP contribution < -0.4 is 0 Å². The summed E-state index contributed by atoms with van der Waals surface area (Å²) in [6, 6.07) is 0. The monoisotopic (exact) mass is 206 g/mol. The van der Waals surface area contributed by atoms with Crippen LogP contribution in [0.25, 0.3) is 0 Å². The number of hydrogen-bond donors (Lipinski definition) is 0. The Morgan fingerprint density at radius 3 is 2.67 bits per heavy atom. The molecule has 84 valence electrons. The normalized spacial score (nSPS) is 30.0. The van der Waals surface area contributed by atoms with Crippen molar-refractivity contribution in [2.75, 3.05) is 0 Å². The Morgan fingerprint density at radius 1 is 1.27 bits per heavy atom. The van der Waals surface area contributed by atoms with Gasteiger partial charge in [0, 0.05) is 0 Å². The van der Waals surface area contributed by atoms with Crippen LogP contribution in [0.5, 0.6) is 0 Å². The van der Waals surface area contributed by atoms with Crippen molar-refractivity contribution in [2.24, 2.45) is 0 Å². The summed E-state index contributed by atoms with van der Waals surface area (Å²) in [5.41, 5.74) is 0.179. The van der Waals surface area contributed by atoms with Crippen molar-refractivity contribution in [2.45, 2.75) is 63.1 Å². The lowest BCUT2D eigenvalue weighted by Crippen LogP contribution is -2.37. The van der Waals surface area contributed by atoms with Crippen LogP contribution in [0, 0.1) is 0 Å². The molecular formula is C14H22O. The van der Waals surface area contributed by atoms with E-state index < -0.39 is 0 Å². The molecule has 1 spiro atoms. The summed E-state index contributed by atoms with van der Waals surface area (Å²) in [5.74, 6) is 0. The lowest BCUT2D eigenvalue weighted by molar-refractivity contribution is -0.0898. The minimum Gasteiger partial charge on any atom is -0.367 e. The van der Waals surface area contributed by atoms with Crippen molar-refractivity contribution < 1.29 is 4.74 Å². The zero-order valence-corrected chi connectivity index (χ0v) is 9.58. The first-order valence-electron chi connectivity index (χ1n) is 6.30. The molecule has 0 amide bonds. The second-order valence-electron chi connectivity index (χ2n) is 4.91. The van der Waals surface area contributed by atoms with Crippen LogP contribution in [0.15, 0.2) is 24.8 Å². The molecular weight excluding hydrogens is 184 g/mol. The highest BCUT2D eigenvalue weighted by molar-refractivity contribution is 5.04. The Labute approximate surface area is 93.2 Å². The Bertz CT molecular complexity index is 234. The quantitative estimate of drug-likeness (QED) is 0.620. The molecule has 1 atom stereocenters. The first-order valence-corrected chi connectivity index (χ1v) is 6.30. The van der Waals surface area contributed by atoms with Crippen LogP contribution in [0.2, 0.25) is 0 Å². The molecule has 1 aliphatic heterocycles. The zero-order valence-electron chi connectivity index (χ0n) is 9.58. The molecule has 0 bridgehead atoms. The number of hydrogen-bond acceptors (Lipinski definition) is 1. The van der Waals surface area contributed by atoms with E-state index in [-0.39, 0.29) is 11.7 Å². The van der Waals surface area contributed by atoms with Gasteiger partial charge >= 0.3 is 0 Å².